The lowest BCUT2D eigenvalue weighted by Gasteiger charge is -1.77. The van der Waals surface area contributed by atoms with Crippen molar-refractivity contribution < 1.29 is 4.79 Å². The Balaban J connectivity index is 2.85. The molecule has 0 spiro atoms. The predicted octanol–water partition coefficient (Wildman–Crippen LogP) is 1.19. The molecule has 0 amide bonds. The van der Waals surface area contributed by atoms with E-state index in [4.69, 9.17) is 0 Å². The summed E-state index contributed by atoms with van der Waals surface area (Å²) in [4.78, 5) is 14.3. The lowest BCUT2D eigenvalue weighted by Crippen LogP contribution is -1.83. The lowest BCUT2D eigenvalue weighted by molar-refractivity contribution is -0.107. The highest BCUT2D eigenvalue weighted by molar-refractivity contribution is 8.27. The van der Waals surface area contributed by atoms with Crippen LogP contribution in [0.4, 0.5) is 0 Å². The van der Waals surface area contributed by atoms with Gasteiger partial charge in [-0.1, -0.05) is 6.58 Å². The highest BCUT2D eigenvalue weighted by Gasteiger charge is 2.15. The van der Waals surface area contributed by atoms with Gasteiger partial charge in [-0.2, -0.15) is 0 Å². The molecular weight excluding hydrogens is 122 g/mol. The summed E-state index contributed by atoms with van der Waals surface area (Å²) in [5.41, 5.74) is 0.368. The van der Waals surface area contributed by atoms with Crippen LogP contribution in [0.1, 0.15) is 6.92 Å². The molecule has 1 rings (SSSR count). The molecule has 8 heavy (non-hydrogen) atoms. The van der Waals surface area contributed by atoms with Gasteiger partial charge in [0.05, 0.1) is 5.04 Å². The summed E-state index contributed by atoms with van der Waals surface area (Å²) in [6.07, 6.45) is 0. The topological polar surface area (TPSA) is 29.4 Å². The molecule has 0 saturated heterocycles. The summed E-state index contributed by atoms with van der Waals surface area (Å²) in [6.45, 7) is 5.22. The second-order valence-electron chi connectivity index (χ2n) is 1.47. The van der Waals surface area contributed by atoms with Crippen LogP contribution in [0.2, 0.25) is 0 Å². The second-order valence-corrected chi connectivity index (χ2v) is 2.63. The van der Waals surface area contributed by atoms with Crippen molar-refractivity contribution in [1.29, 1.82) is 0 Å². The maximum Gasteiger partial charge on any atom is 0.243 e. The van der Waals surface area contributed by atoms with Crippen molar-refractivity contribution in [3.63, 3.8) is 0 Å². The molecule has 1 aliphatic rings. The SMILES string of the molecule is C=C1N=C(C)SC1=O. The maximum absolute atomic E-state index is 10.5. The molecule has 0 aromatic rings. The zero-order chi connectivity index (χ0) is 6.15. The Bertz CT molecular complexity index is 183. The van der Waals surface area contributed by atoms with Gasteiger partial charge in [0.1, 0.15) is 5.70 Å². The van der Waals surface area contributed by atoms with Crippen molar-refractivity contribution in [2.75, 3.05) is 0 Å². The monoisotopic (exact) mass is 127 g/mol. The molecule has 1 aliphatic heterocycles. The zero-order valence-electron chi connectivity index (χ0n) is 4.47. The minimum Gasteiger partial charge on any atom is -0.279 e. The van der Waals surface area contributed by atoms with E-state index in [9.17, 15) is 4.79 Å². The fourth-order valence-corrected chi connectivity index (χ4v) is 1.04. The standard InChI is InChI=1S/C5H5NOS/c1-3-5(7)8-4(2)6-3/h1H2,2H3. The Morgan fingerprint density at radius 2 is 2.38 bits per heavy atom. The number of carbonyl (C=O) groups is 1. The van der Waals surface area contributed by atoms with Crippen LogP contribution in [0.5, 0.6) is 0 Å². The summed E-state index contributed by atoms with van der Waals surface area (Å²) in [5, 5.41) is 0.766. The first-order valence-electron chi connectivity index (χ1n) is 2.16. The highest BCUT2D eigenvalue weighted by atomic mass is 32.2. The first-order valence-corrected chi connectivity index (χ1v) is 2.98. The van der Waals surface area contributed by atoms with Crippen molar-refractivity contribution in [3.05, 3.63) is 12.3 Å². The van der Waals surface area contributed by atoms with Crippen LogP contribution < -0.4 is 0 Å². The number of hydrogen-bond donors (Lipinski definition) is 0. The van der Waals surface area contributed by atoms with Crippen molar-refractivity contribution in [1.82, 2.24) is 0 Å². The van der Waals surface area contributed by atoms with E-state index in [-0.39, 0.29) is 5.12 Å². The van der Waals surface area contributed by atoms with Crippen LogP contribution in [0.25, 0.3) is 0 Å². The second kappa shape index (κ2) is 1.74. The number of aliphatic imine (C=N–C) groups is 1. The lowest BCUT2D eigenvalue weighted by atomic mass is 10.6. The van der Waals surface area contributed by atoms with Crippen molar-refractivity contribution >= 4 is 21.9 Å². The van der Waals surface area contributed by atoms with Crippen LogP contribution in [-0.2, 0) is 4.79 Å². The van der Waals surface area contributed by atoms with E-state index in [0.717, 1.165) is 16.8 Å². The van der Waals surface area contributed by atoms with Gasteiger partial charge in [0.2, 0.25) is 5.12 Å². The fraction of sp³-hybridized carbons (Fsp3) is 0.200. The van der Waals surface area contributed by atoms with Gasteiger partial charge >= 0.3 is 0 Å². The van der Waals surface area contributed by atoms with Crippen LogP contribution >= 0.6 is 11.8 Å². The molecule has 0 saturated carbocycles. The number of hydrogen-bond acceptors (Lipinski definition) is 3. The molecule has 42 valence electrons. The minimum atomic E-state index is -0.0255. The van der Waals surface area contributed by atoms with Crippen LogP contribution in [0, 0.1) is 0 Å². The van der Waals surface area contributed by atoms with Gasteiger partial charge in [-0.05, 0) is 18.7 Å². The first-order chi connectivity index (χ1) is 3.70. The molecular formula is C5H5NOS. The van der Waals surface area contributed by atoms with Crippen LogP contribution in [0.3, 0.4) is 0 Å². The van der Waals surface area contributed by atoms with Gasteiger partial charge in [0, 0.05) is 0 Å². The molecule has 0 radical (unpaired) electrons. The Labute approximate surface area is 51.7 Å². The Kier molecular flexibility index (Phi) is 1.21. The summed E-state index contributed by atoms with van der Waals surface area (Å²) < 4.78 is 0. The first kappa shape index (κ1) is 5.56. The molecule has 0 bridgehead atoms. The molecule has 0 aromatic carbocycles. The average molecular weight is 127 g/mol. The quantitative estimate of drug-likeness (QED) is 0.457. The number of rotatable bonds is 0. The van der Waals surface area contributed by atoms with E-state index in [1.165, 1.54) is 0 Å². The van der Waals surface area contributed by atoms with E-state index in [0.29, 0.717) is 5.70 Å². The van der Waals surface area contributed by atoms with E-state index < -0.39 is 0 Å². The Morgan fingerprint density at radius 3 is 2.50 bits per heavy atom. The summed E-state index contributed by atoms with van der Waals surface area (Å²) in [7, 11) is 0. The maximum atomic E-state index is 10.5. The molecule has 0 aromatic heterocycles. The molecule has 0 fully saturated rings. The molecule has 2 nitrogen and oxygen atoms in total. The number of nitrogens with zero attached hydrogens (tertiary/aromatic N) is 1. The van der Waals surface area contributed by atoms with E-state index in [1.54, 1.807) is 6.92 Å². The van der Waals surface area contributed by atoms with Gasteiger partial charge in [-0.25, -0.2) is 4.99 Å². The predicted molar refractivity (Wildman–Crippen MR) is 34.8 cm³/mol. The average Bonchev–Trinajstić information content (AvgIpc) is 1.85. The van der Waals surface area contributed by atoms with E-state index >= 15 is 0 Å². The third kappa shape index (κ3) is 0.816. The van der Waals surface area contributed by atoms with Gasteiger partial charge in [-0.15, -0.1) is 0 Å². The number of thioether (sulfide) groups is 1. The largest absolute Gasteiger partial charge is 0.279 e. The Hall–Kier alpha value is -0.570. The summed E-state index contributed by atoms with van der Waals surface area (Å²) in [6, 6.07) is 0. The van der Waals surface area contributed by atoms with Gasteiger partial charge in [-0.3, -0.25) is 4.79 Å². The van der Waals surface area contributed by atoms with Crippen LogP contribution in [-0.4, -0.2) is 10.2 Å². The Morgan fingerprint density at radius 1 is 1.75 bits per heavy atom. The minimum absolute atomic E-state index is 0.0255. The molecule has 0 unspecified atom stereocenters. The van der Waals surface area contributed by atoms with Crippen molar-refractivity contribution in [2.24, 2.45) is 4.99 Å². The van der Waals surface area contributed by atoms with Crippen molar-refractivity contribution in [3.8, 4) is 0 Å². The summed E-state index contributed by atoms with van der Waals surface area (Å²) >= 11 is 1.14. The van der Waals surface area contributed by atoms with Gasteiger partial charge in [0.15, 0.2) is 0 Å². The third-order valence-corrected chi connectivity index (χ3v) is 1.58. The molecule has 0 aliphatic carbocycles. The molecule has 0 N–H and O–H groups in total. The fourth-order valence-electron chi connectivity index (χ4n) is 0.452. The number of carbonyl (C=O) groups excluding carboxylic acids is 1. The van der Waals surface area contributed by atoms with E-state index in [1.807, 2.05) is 0 Å². The molecule has 1 heterocycles. The van der Waals surface area contributed by atoms with Gasteiger partial charge < -0.3 is 0 Å². The van der Waals surface area contributed by atoms with Crippen molar-refractivity contribution in [2.45, 2.75) is 6.92 Å². The molecule has 3 heteroatoms. The highest BCUT2D eigenvalue weighted by Crippen LogP contribution is 2.20. The summed E-state index contributed by atoms with van der Waals surface area (Å²) in [5.74, 6) is 0. The van der Waals surface area contributed by atoms with Crippen LogP contribution in [0.15, 0.2) is 17.3 Å². The smallest absolute Gasteiger partial charge is 0.243 e. The third-order valence-electron chi connectivity index (χ3n) is 0.768. The van der Waals surface area contributed by atoms with Gasteiger partial charge in [0.25, 0.3) is 0 Å². The molecule has 0 atom stereocenters. The normalized spacial score (nSPS) is 19.4. The van der Waals surface area contributed by atoms with E-state index in [2.05, 4.69) is 11.6 Å². The zero-order valence-corrected chi connectivity index (χ0v) is 5.29.